The van der Waals surface area contributed by atoms with Crippen molar-refractivity contribution in [2.45, 2.75) is 193 Å². The number of nitrogens with zero attached hydrogens (tertiary/aromatic N) is 8. The van der Waals surface area contributed by atoms with Gasteiger partial charge < -0.3 is 94.3 Å². The van der Waals surface area contributed by atoms with Gasteiger partial charge in [0.15, 0.2) is 11.4 Å². The number of carbonyl (C=O) groups excluding carboxylic acids is 4. The number of hydrogen-bond donors (Lipinski definition) is 0. The molecule has 0 radical (unpaired) electrons. The van der Waals surface area contributed by atoms with E-state index >= 15 is 0 Å². The third kappa shape index (κ3) is 17.7. The lowest BCUT2D eigenvalue weighted by Crippen LogP contribution is -2.55. The van der Waals surface area contributed by atoms with Crippen molar-refractivity contribution in [2.24, 2.45) is 0 Å². The zero-order chi connectivity index (χ0) is 75.3. The first-order valence-corrected chi connectivity index (χ1v) is 39.4. The summed E-state index contributed by atoms with van der Waals surface area (Å²) in [7, 11) is -20.9. The van der Waals surface area contributed by atoms with Gasteiger partial charge in [-0.2, -0.15) is 10.5 Å². The number of phosphoric acid groups is 4. The van der Waals surface area contributed by atoms with Gasteiger partial charge >= 0.3 is 0 Å². The minimum atomic E-state index is -5.22. The fourth-order valence-corrected chi connectivity index (χ4v) is 18.5. The molecule has 4 saturated heterocycles. The molecule has 32 nitrogen and oxygen atoms in total. The molecule has 4 aromatic rings. The van der Waals surface area contributed by atoms with Crippen LogP contribution in [0.1, 0.15) is 179 Å². The molecule has 8 aliphatic rings. The van der Waals surface area contributed by atoms with Gasteiger partial charge in [-0.25, -0.2) is 9.69 Å². The van der Waals surface area contributed by atoms with E-state index in [0.717, 1.165) is 0 Å². The maximum absolute atomic E-state index is 13.2. The van der Waals surface area contributed by atoms with Gasteiger partial charge in [-0.05, 0) is 142 Å². The van der Waals surface area contributed by atoms with E-state index in [1.807, 2.05) is 12.1 Å². The highest BCUT2D eigenvalue weighted by Gasteiger charge is 2.56. The lowest BCUT2D eigenvalue weighted by molar-refractivity contribution is -0.247. The molecule has 4 amide bonds. The zero-order valence-electron chi connectivity index (χ0n) is 58.0. The molecule has 4 aromatic carbocycles. The highest BCUT2D eigenvalue weighted by atomic mass is 31.2. The maximum atomic E-state index is 13.2. The van der Waals surface area contributed by atoms with Crippen LogP contribution >= 0.6 is 31.3 Å². The highest BCUT2D eigenvalue weighted by Crippen LogP contribution is 2.58. The molecule has 36 heteroatoms. The van der Waals surface area contributed by atoms with Gasteiger partial charge in [0.2, 0.25) is 23.6 Å². The van der Waals surface area contributed by atoms with Crippen molar-refractivity contribution >= 4 is 66.3 Å². The summed E-state index contributed by atoms with van der Waals surface area (Å²) in [5.74, 6) is 0.622. The summed E-state index contributed by atoms with van der Waals surface area (Å²) in [6.07, 6.45) is -1.99. The van der Waals surface area contributed by atoms with E-state index < -0.39 is 129 Å². The van der Waals surface area contributed by atoms with Crippen molar-refractivity contribution in [1.82, 2.24) is 19.6 Å². The SMILES string of the molecule is C.C.[C-]#[N+]c1ccc2c(c1)C(N1CCCC1=O)C(OP(=O)([O-])OCCOP(=O)([O-])OC1C(N3CCCC3=O)c3cc(C#N)ccc3OC1(C)C)C(C)(C)O2.[C-]#[N+]c1ccc2c(c1)C(N1CCCC1=O)C(OP(=O)([O-])OCCOP(=O)([O-])OC1C(N3CCCC3=O)c3cc(C#N)ccc3OC1(C)C)C(C)(C)O2. The monoisotopic (exact) mass is 1540 g/mol. The van der Waals surface area contributed by atoms with E-state index in [2.05, 4.69) is 9.69 Å². The van der Waals surface area contributed by atoms with Crippen LogP contribution < -0.4 is 38.5 Å². The predicted molar refractivity (Wildman–Crippen MR) is 368 cm³/mol. The number of phosphoric ester groups is 4. The third-order valence-electron chi connectivity index (χ3n) is 19.1. The Bertz CT molecular complexity index is 3880. The topological polar surface area (TPSA) is 409 Å². The number of rotatable bonds is 22. The number of amides is 4. The highest BCUT2D eigenvalue weighted by molar-refractivity contribution is 7.46. The van der Waals surface area contributed by atoms with Crippen LogP contribution in [0.2, 0.25) is 0 Å². The van der Waals surface area contributed by atoms with E-state index in [-0.39, 0.29) is 86.7 Å². The quantitative estimate of drug-likeness (QED) is 0.0401. The van der Waals surface area contributed by atoms with Crippen LogP contribution in [-0.4, -0.2) is 143 Å². The van der Waals surface area contributed by atoms with E-state index in [1.54, 1.807) is 104 Å². The molecule has 106 heavy (non-hydrogen) atoms. The van der Waals surface area contributed by atoms with Crippen LogP contribution in [-0.2, 0) is 73.6 Å². The minimum absolute atomic E-state index is 0. The van der Waals surface area contributed by atoms with Crippen molar-refractivity contribution in [3.05, 3.63) is 129 Å². The van der Waals surface area contributed by atoms with Gasteiger partial charge in [-0.1, -0.05) is 27.0 Å². The Labute approximate surface area is 615 Å². The fourth-order valence-electron chi connectivity index (χ4n) is 14.5. The van der Waals surface area contributed by atoms with Crippen molar-refractivity contribution in [1.29, 1.82) is 10.5 Å². The maximum Gasteiger partial charge on any atom is 0.268 e. The molecule has 0 aromatic heterocycles. The number of carbonyl (C=O) groups is 4. The summed E-state index contributed by atoms with van der Waals surface area (Å²) in [5, 5.41) is 19.0. The van der Waals surface area contributed by atoms with Crippen LogP contribution in [0.25, 0.3) is 9.69 Å². The molecule has 8 aliphatic heterocycles. The number of likely N-dealkylation sites (tertiary alicyclic amines) is 4. The van der Waals surface area contributed by atoms with Crippen LogP contribution in [0.3, 0.4) is 0 Å². The van der Waals surface area contributed by atoms with Gasteiger partial charge in [0, 0.05) is 74.1 Å². The molecule has 0 N–H and O–H groups in total. The smallest absolute Gasteiger partial charge is 0.268 e. The van der Waals surface area contributed by atoms with Crippen LogP contribution in [0.4, 0.5) is 11.4 Å². The summed E-state index contributed by atoms with van der Waals surface area (Å²) >= 11 is 0. The zero-order valence-corrected chi connectivity index (χ0v) is 61.6. The van der Waals surface area contributed by atoms with Crippen molar-refractivity contribution in [2.75, 3.05) is 52.6 Å². The van der Waals surface area contributed by atoms with Crippen LogP contribution in [0.5, 0.6) is 23.0 Å². The molecule has 12 rings (SSSR count). The van der Waals surface area contributed by atoms with Gasteiger partial charge in [-0.3, -0.25) is 37.4 Å². The molecule has 12 unspecified atom stereocenters. The predicted octanol–water partition coefficient (Wildman–Crippen LogP) is 9.71. The van der Waals surface area contributed by atoms with Crippen LogP contribution in [0, 0.1) is 35.8 Å². The Kier molecular flexibility index (Phi) is 24.8. The molecule has 0 spiro atoms. The van der Waals surface area contributed by atoms with E-state index in [1.165, 1.54) is 43.9 Å². The third-order valence-corrected chi connectivity index (χ3v) is 23.0. The number of hydrogen-bond acceptors (Lipinski definition) is 26. The number of fused-ring (bicyclic) bond motifs is 4. The van der Waals surface area contributed by atoms with Gasteiger partial charge in [0.1, 0.15) is 69.8 Å². The molecule has 572 valence electrons. The molecular formula is C70H84N8O24P4-4. The second-order valence-corrected chi connectivity index (χ2v) is 33.4. The standard InChI is InChI=1S/2C34H40N4O12P2.2CH4/c2*1-33(2)31(29(37-14-6-8-27(37)39)23-18-21(20-35)10-12-25(23)47-33)49-51(41,42)45-16-17-46-52(43,44)50-32-30(38-15-7-9-28(38)40)24-19-22(36-5)11-13-26(24)48-34(32,3)4;;/h2*10-13,18-19,29-32H,6-9,14-17H2,1-4H3,(H,41,42)(H,43,44);2*1H4/p-4. The lowest BCUT2D eigenvalue weighted by atomic mass is 9.85. The first kappa shape index (κ1) is 82.4. The summed E-state index contributed by atoms with van der Waals surface area (Å²) in [6, 6.07) is 19.0. The molecular weight excluding hydrogens is 1460 g/mol. The van der Waals surface area contributed by atoms with Gasteiger partial charge in [0.25, 0.3) is 31.3 Å². The lowest BCUT2D eigenvalue weighted by Gasteiger charge is -2.49. The Morgan fingerprint density at radius 3 is 0.858 bits per heavy atom. The molecule has 0 saturated carbocycles. The Hall–Kier alpha value is -7.64. The molecule has 0 aliphatic carbocycles. The fraction of sp³-hybridized carbons (Fsp3) is 0.543. The van der Waals surface area contributed by atoms with E-state index in [4.69, 9.17) is 68.3 Å². The van der Waals surface area contributed by atoms with Gasteiger partial charge in [-0.15, -0.1) is 0 Å². The number of nitriles is 2. The molecule has 0 bridgehead atoms. The van der Waals surface area contributed by atoms with Crippen molar-refractivity contribution in [3.8, 4) is 35.1 Å². The Balaban J connectivity index is 0.000000241. The summed E-state index contributed by atoms with van der Waals surface area (Å²) in [4.78, 5) is 118. The largest absolute Gasteiger partial charge is 0.756 e. The average molecular weight is 1550 g/mol. The Morgan fingerprint density at radius 1 is 0.425 bits per heavy atom. The van der Waals surface area contributed by atoms with Crippen LogP contribution in [0.15, 0.2) is 72.8 Å². The molecule has 12 atom stereocenters. The Morgan fingerprint density at radius 2 is 0.651 bits per heavy atom. The van der Waals surface area contributed by atoms with Crippen molar-refractivity contribution < 1.29 is 112 Å². The summed E-state index contributed by atoms with van der Waals surface area (Å²) in [5.41, 5.74) is -2.49. The number of ether oxygens (including phenoxy) is 4. The second-order valence-electron chi connectivity index (χ2n) is 28.0. The molecule has 4 fully saturated rings. The van der Waals surface area contributed by atoms with E-state index in [0.29, 0.717) is 97.1 Å². The number of benzene rings is 4. The first-order valence-electron chi connectivity index (χ1n) is 33.5. The molecule has 8 heterocycles. The second kappa shape index (κ2) is 31.9. The van der Waals surface area contributed by atoms with Crippen molar-refractivity contribution in [3.63, 3.8) is 0 Å². The average Bonchev–Trinajstić information content (AvgIpc) is 1.11. The summed E-state index contributed by atoms with van der Waals surface area (Å²) < 4.78 is 120. The first-order chi connectivity index (χ1) is 48.9. The van der Waals surface area contributed by atoms with Gasteiger partial charge in [0.05, 0.1) is 87.0 Å². The normalized spacial score (nSPS) is 26.4. The summed E-state index contributed by atoms with van der Waals surface area (Å²) in [6.45, 7) is 25.8. The van der Waals surface area contributed by atoms with E-state index in [9.17, 15) is 67.5 Å². The minimum Gasteiger partial charge on any atom is -0.756 e.